The van der Waals surface area contributed by atoms with Crippen molar-refractivity contribution in [3.05, 3.63) is 140 Å². The third-order valence-corrected chi connectivity index (χ3v) is 6.67. The van der Waals surface area contributed by atoms with Gasteiger partial charge in [-0.3, -0.25) is 14.3 Å². The lowest BCUT2D eigenvalue weighted by Crippen LogP contribution is -2.38. The average Bonchev–Trinajstić information content (AvgIpc) is 3.21. The Balaban J connectivity index is 1.53. The molecular weight excluding hydrogens is 478 g/mol. The molecule has 190 valence electrons. The van der Waals surface area contributed by atoms with Crippen LogP contribution in [0.5, 0.6) is 0 Å². The molecule has 0 spiro atoms. The maximum absolute atomic E-state index is 15.2. The number of hydrogen-bond acceptors (Lipinski definition) is 4. The van der Waals surface area contributed by atoms with E-state index in [0.717, 1.165) is 21.3 Å². The molecule has 1 aromatic heterocycles. The molecule has 4 unspecified atom stereocenters. The topological polar surface area (TPSA) is 73.3 Å². The van der Waals surface area contributed by atoms with E-state index in [1.165, 1.54) is 13.1 Å². The van der Waals surface area contributed by atoms with E-state index in [0.29, 0.717) is 0 Å². The zero-order chi connectivity index (χ0) is 26.0. The molecule has 1 aliphatic heterocycles. The van der Waals surface area contributed by atoms with Crippen molar-refractivity contribution in [2.45, 2.75) is 37.2 Å². The minimum absolute atomic E-state index is 0.182. The van der Waals surface area contributed by atoms with Crippen molar-refractivity contribution >= 4 is 0 Å². The van der Waals surface area contributed by atoms with Crippen molar-refractivity contribution in [1.82, 2.24) is 9.55 Å². The van der Waals surface area contributed by atoms with Crippen molar-refractivity contribution < 1.29 is 18.3 Å². The molecule has 0 bridgehead atoms. The maximum Gasteiger partial charge on any atom is 0.330 e. The van der Waals surface area contributed by atoms with E-state index in [1.807, 2.05) is 91.0 Å². The predicted molar refractivity (Wildman–Crippen MR) is 135 cm³/mol. The van der Waals surface area contributed by atoms with E-state index in [1.54, 1.807) is 0 Å². The van der Waals surface area contributed by atoms with Gasteiger partial charge < -0.3 is 9.47 Å². The zero-order valence-electron chi connectivity index (χ0n) is 20.1. The first-order valence-electron chi connectivity index (χ1n) is 12.0. The largest absolute Gasteiger partial charge is 0.358 e. The molecule has 1 aliphatic rings. The number of alkyl halides is 2. The molecule has 6 nitrogen and oxygen atoms in total. The number of nitrogens with zero attached hydrogens (tertiary/aromatic N) is 1. The van der Waals surface area contributed by atoms with Crippen LogP contribution in [0.1, 0.15) is 28.5 Å². The van der Waals surface area contributed by atoms with Gasteiger partial charge in [-0.15, -0.1) is 0 Å². The van der Waals surface area contributed by atoms with Gasteiger partial charge in [0.2, 0.25) is 0 Å². The number of halogens is 2. The number of hydrogen-bond donors (Lipinski definition) is 1. The monoisotopic (exact) mass is 504 g/mol. The van der Waals surface area contributed by atoms with Crippen LogP contribution in [0.4, 0.5) is 8.78 Å². The summed E-state index contributed by atoms with van der Waals surface area (Å²) in [6.07, 6.45) is -5.84. The lowest BCUT2D eigenvalue weighted by molar-refractivity contribution is -0.0890. The van der Waals surface area contributed by atoms with Gasteiger partial charge in [-0.25, -0.2) is 13.6 Å². The predicted octanol–water partition coefficient (Wildman–Crippen LogP) is 4.43. The summed E-state index contributed by atoms with van der Waals surface area (Å²) in [5, 5.41) is 0. The second-order valence-electron chi connectivity index (χ2n) is 9.02. The van der Waals surface area contributed by atoms with Crippen LogP contribution < -0.4 is 11.2 Å². The zero-order valence-corrected chi connectivity index (χ0v) is 20.1. The Morgan fingerprint density at radius 1 is 0.838 bits per heavy atom. The number of aryl methyl sites for hydroxylation is 1. The molecule has 1 N–H and O–H groups in total. The molecule has 0 amide bonds. The molecule has 0 radical (unpaired) electrons. The minimum atomic E-state index is -2.13. The van der Waals surface area contributed by atoms with Gasteiger partial charge in [0.05, 0.1) is 6.61 Å². The second kappa shape index (κ2) is 10.2. The maximum atomic E-state index is 15.2. The van der Waals surface area contributed by atoms with E-state index in [-0.39, 0.29) is 12.2 Å². The highest BCUT2D eigenvalue weighted by Crippen LogP contribution is 2.42. The number of nitrogens with one attached hydrogen (secondary N) is 1. The molecule has 0 aliphatic carbocycles. The highest BCUT2D eigenvalue weighted by molar-refractivity contribution is 5.47. The SMILES string of the molecule is Cc1cn(C2OC(COC(c3ccccc3)(c3ccccc3)c3ccccc3)C(F)C2F)c(=O)[nH]c1=O. The summed E-state index contributed by atoms with van der Waals surface area (Å²) in [5.74, 6) is 0. The smallest absolute Gasteiger partial charge is 0.330 e. The highest BCUT2D eigenvalue weighted by Gasteiger charge is 2.49. The van der Waals surface area contributed by atoms with Crippen LogP contribution in [0, 0.1) is 6.92 Å². The third kappa shape index (κ3) is 4.54. The number of rotatable bonds is 7. The quantitative estimate of drug-likeness (QED) is 0.378. The summed E-state index contributed by atoms with van der Waals surface area (Å²) in [6, 6.07) is 28.6. The Morgan fingerprint density at radius 3 is 1.81 bits per heavy atom. The summed E-state index contributed by atoms with van der Waals surface area (Å²) in [4.78, 5) is 26.2. The van der Waals surface area contributed by atoms with Crippen molar-refractivity contribution in [1.29, 1.82) is 0 Å². The van der Waals surface area contributed by atoms with Gasteiger partial charge in [0, 0.05) is 11.8 Å². The molecule has 2 heterocycles. The van der Waals surface area contributed by atoms with Crippen molar-refractivity contribution in [3.8, 4) is 0 Å². The first kappa shape index (κ1) is 24.8. The van der Waals surface area contributed by atoms with Gasteiger partial charge in [-0.1, -0.05) is 91.0 Å². The fraction of sp³-hybridized carbons (Fsp3) is 0.241. The van der Waals surface area contributed by atoms with Gasteiger partial charge in [-0.05, 0) is 23.6 Å². The lowest BCUT2D eigenvalue weighted by Gasteiger charge is -2.36. The fourth-order valence-corrected chi connectivity index (χ4v) is 4.79. The Labute approximate surface area is 212 Å². The molecule has 1 saturated heterocycles. The van der Waals surface area contributed by atoms with E-state index in [2.05, 4.69) is 4.98 Å². The molecule has 37 heavy (non-hydrogen) atoms. The third-order valence-electron chi connectivity index (χ3n) is 6.67. The van der Waals surface area contributed by atoms with Crippen LogP contribution >= 0.6 is 0 Å². The van der Waals surface area contributed by atoms with Gasteiger partial charge in [0.15, 0.2) is 18.6 Å². The summed E-state index contributed by atoms with van der Waals surface area (Å²) in [6.45, 7) is 1.17. The lowest BCUT2D eigenvalue weighted by atomic mass is 9.80. The second-order valence-corrected chi connectivity index (χ2v) is 9.02. The van der Waals surface area contributed by atoms with Gasteiger partial charge in [0.1, 0.15) is 11.7 Å². The van der Waals surface area contributed by atoms with Crippen molar-refractivity contribution in [2.24, 2.45) is 0 Å². The van der Waals surface area contributed by atoms with E-state index in [4.69, 9.17) is 9.47 Å². The highest BCUT2D eigenvalue weighted by atomic mass is 19.2. The average molecular weight is 505 g/mol. The normalized spacial score (nSPS) is 21.7. The molecule has 4 aromatic rings. The summed E-state index contributed by atoms with van der Waals surface area (Å²) in [5.41, 5.74) is 0.00269. The van der Waals surface area contributed by atoms with Crippen LogP contribution in [0.3, 0.4) is 0 Å². The first-order valence-corrected chi connectivity index (χ1v) is 12.0. The van der Waals surface area contributed by atoms with Gasteiger partial charge >= 0.3 is 5.69 Å². The molecule has 4 atom stereocenters. The van der Waals surface area contributed by atoms with Crippen molar-refractivity contribution in [3.63, 3.8) is 0 Å². The number of benzene rings is 3. The van der Waals surface area contributed by atoms with Crippen molar-refractivity contribution in [2.75, 3.05) is 6.61 Å². The number of ether oxygens (including phenoxy) is 2. The number of aromatic nitrogens is 2. The minimum Gasteiger partial charge on any atom is -0.358 e. The number of aromatic amines is 1. The van der Waals surface area contributed by atoms with Crippen LogP contribution in [0.25, 0.3) is 0 Å². The molecule has 1 fully saturated rings. The Hall–Kier alpha value is -3.88. The summed E-state index contributed by atoms with van der Waals surface area (Å²) < 4.78 is 43.5. The van der Waals surface area contributed by atoms with Crippen LogP contribution in [-0.2, 0) is 15.1 Å². The molecule has 5 rings (SSSR count). The Morgan fingerprint density at radius 2 is 1.32 bits per heavy atom. The molecule has 3 aromatic carbocycles. The Kier molecular flexibility index (Phi) is 6.86. The standard InChI is InChI=1S/C29H26F2N2O4/c1-19-17-33(28(35)32-26(19)34)27-25(31)24(30)23(37-27)18-36-29(20-11-5-2-6-12-20,21-13-7-3-8-14-21)22-15-9-4-10-16-22/h2-17,23-25,27H,18H2,1H3,(H,32,34,35). The molecule has 0 saturated carbocycles. The van der Waals surface area contributed by atoms with Crippen LogP contribution in [0.2, 0.25) is 0 Å². The van der Waals surface area contributed by atoms with E-state index < -0.39 is 41.5 Å². The molecular formula is C29H26F2N2O4. The molecule has 8 heteroatoms. The Bertz CT molecular complexity index is 1360. The van der Waals surface area contributed by atoms with E-state index >= 15 is 8.78 Å². The fourth-order valence-electron chi connectivity index (χ4n) is 4.79. The van der Waals surface area contributed by atoms with Crippen LogP contribution in [0.15, 0.2) is 107 Å². The van der Waals surface area contributed by atoms with Gasteiger partial charge in [0.25, 0.3) is 5.56 Å². The summed E-state index contributed by atoms with van der Waals surface area (Å²) in [7, 11) is 0. The number of H-pyrrole nitrogens is 1. The summed E-state index contributed by atoms with van der Waals surface area (Å²) >= 11 is 0. The first-order chi connectivity index (χ1) is 17.9. The van der Waals surface area contributed by atoms with E-state index in [9.17, 15) is 9.59 Å². The van der Waals surface area contributed by atoms with Crippen LogP contribution in [-0.4, -0.2) is 34.6 Å². The van der Waals surface area contributed by atoms with Gasteiger partial charge in [-0.2, -0.15) is 0 Å².